The van der Waals surface area contributed by atoms with Crippen molar-refractivity contribution in [1.29, 1.82) is 0 Å². The highest BCUT2D eigenvalue weighted by Crippen LogP contribution is 2.49. The number of hydrogen-bond donors (Lipinski definition) is 2. The van der Waals surface area contributed by atoms with Crippen LogP contribution in [0, 0.1) is 5.92 Å². The number of nitrogens with zero attached hydrogens (tertiary/aromatic N) is 1. The van der Waals surface area contributed by atoms with Crippen LogP contribution in [-0.2, 0) is 6.18 Å². The second-order valence-corrected chi connectivity index (χ2v) is 9.99. The number of hydrogen-bond acceptors (Lipinski definition) is 6. The van der Waals surface area contributed by atoms with E-state index in [2.05, 4.69) is 15.6 Å². The number of ether oxygens (including phenoxy) is 4. The largest absolute Gasteiger partial charge is 0.489 e. The third kappa shape index (κ3) is 6.04. The van der Waals surface area contributed by atoms with Gasteiger partial charge in [-0.05, 0) is 67.3 Å². The van der Waals surface area contributed by atoms with Gasteiger partial charge in [-0.1, -0.05) is 11.6 Å². The van der Waals surface area contributed by atoms with Gasteiger partial charge in [0.05, 0.1) is 28.1 Å². The van der Waals surface area contributed by atoms with Crippen LogP contribution in [0.3, 0.4) is 0 Å². The number of anilines is 2. The Hall–Kier alpha value is -4.38. The van der Waals surface area contributed by atoms with E-state index in [9.17, 15) is 18.0 Å². The summed E-state index contributed by atoms with van der Waals surface area (Å²) in [5.41, 5.74) is -0.0730. The molecule has 1 fully saturated rings. The minimum Gasteiger partial charge on any atom is -0.489 e. The Kier molecular flexibility index (Phi) is 7.12. The van der Waals surface area contributed by atoms with Crippen molar-refractivity contribution in [2.24, 2.45) is 5.92 Å². The summed E-state index contributed by atoms with van der Waals surface area (Å²) in [7, 11) is 0. The topological polar surface area (TPSA) is 90.9 Å². The van der Waals surface area contributed by atoms with Crippen molar-refractivity contribution in [3.8, 4) is 28.7 Å². The van der Waals surface area contributed by atoms with Crippen LogP contribution in [0.2, 0.25) is 5.02 Å². The standard InChI is InChI=1S/C29H23ClF3N3O5/c30-21-8-5-18(13-20(21)29(31,32)33)36-28(37)35-17-3-6-19(7-4-17)41-23-9-10-34-22-14-24(40-15-16-1-2-16)26-27(25(22)23)39-12-11-38-26/h3-10,13-14,16H,1-2,11-12,15H2,(H2,35,36,37). The third-order valence-corrected chi connectivity index (χ3v) is 6.81. The lowest BCUT2D eigenvalue weighted by Gasteiger charge is -2.23. The molecule has 0 atom stereocenters. The van der Waals surface area contributed by atoms with E-state index in [4.69, 9.17) is 30.5 Å². The number of carbonyl (C=O) groups is 1. The predicted molar refractivity (Wildman–Crippen MR) is 147 cm³/mol. The number of rotatable bonds is 7. The number of pyridine rings is 1. The highest BCUT2D eigenvalue weighted by molar-refractivity contribution is 6.31. The van der Waals surface area contributed by atoms with E-state index in [-0.39, 0.29) is 5.69 Å². The molecule has 2 heterocycles. The average molecular weight is 586 g/mol. The molecular weight excluding hydrogens is 563 g/mol. The number of alkyl halides is 3. The van der Waals surface area contributed by atoms with Crippen molar-refractivity contribution < 1.29 is 36.9 Å². The number of aromatic nitrogens is 1. The summed E-state index contributed by atoms with van der Waals surface area (Å²) < 4.78 is 63.4. The van der Waals surface area contributed by atoms with Crippen molar-refractivity contribution in [3.05, 3.63) is 71.4 Å². The molecular formula is C29H23ClF3N3O5. The monoisotopic (exact) mass is 585 g/mol. The first kappa shape index (κ1) is 26.8. The van der Waals surface area contributed by atoms with Crippen LogP contribution in [0.15, 0.2) is 60.8 Å². The maximum Gasteiger partial charge on any atom is 0.417 e. The van der Waals surface area contributed by atoms with Crippen LogP contribution < -0.4 is 29.6 Å². The fraction of sp³-hybridized carbons (Fsp3) is 0.241. The normalized spacial score (nSPS) is 14.4. The Balaban J connectivity index is 1.17. The van der Waals surface area contributed by atoms with Gasteiger partial charge in [-0.15, -0.1) is 0 Å². The molecule has 3 aromatic carbocycles. The molecule has 1 aliphatic carbocycles. The van der Waals surface area contributed by atoms with Gasteiger partial charge in [0.25, 0.3) is 0 Å². The smallest absolute Gasteiger partial charge is 0.417 e. The maximum absolute atomic E-state index is 13.1. The SMILES string of the molecule is O=C(Nc1ccc(Oc2ccnc3cc(OCC4CC4)c4c(c23)OCCO4)cc1)Nc1ccc(Cl)c(C(F)(F)F)c1. The molecule has 0 radical (unpaired) electrons. The lowest BCUT2D eigenvalue weighted by atomic mass is 10.1. The molecule has 8 nitrogen and oxygen atoms in total. The van der Waals surface area contributed by atoms with E-state index < -0.39 is 22.8 Å². The number of halogens is 4. The molecule has 4 aromatic rings. The van der Waals surface area contributed by atoms with Gasteiger partial charge >= 0.3 is 12.2 Å². The molecule has 1 saturated carbocycles. The zero-order chi connectivity index (χ0) is 28.6. The zero-order valence-electron chi connectivity index (χ0n) is 21.4. The average Bonchev–Trinajstić information content (AvgIpc) is 3.78. The lowest BCUT2D eigenvalue weighted by Crippen LogP contribution is -2.19. The molecule has 12 heteroatoms. The number of carbonyl (C=O) groups excluding carboxylic acids is 1. The van der Waals surface area contributed by atoms with Gasteiger partial charge in [0.1, 0.15) is 24.7 Å². The van der Waals surface area contributed by atoms with Crippen LogP contribution in [0.5, 0.6) is 28.7 Å². The summed E-state index contributed by atoms with van der Waals surface area (Å²) in [6.07, 6.45) is -0.702. The summed E-state index contributed by atoms with van der Waals surface area (Å²) in [4.78, 5) is 16.9. The second-order valence-electron chi connectivity index (χ2n) is 9.59. The van der Waals surface area contributed by atoms with Crippen molar-refractivity contribution in [2.75, 3.05) is 30.5 Å². The molecule has 2 aliphatic rings. The van der Waals surface area contributed by atoms with Gasteiger partial charge < -0.3 is 29.6 Å². The predicted octanol–water partition coefficient (Wildman–Crippen LogP) is 7.90. The summed E-state index contributed by atoms with van der Waals surface area (Å²) in [6.45, 7) is 1.39. The van der Waals surface area contributed by atoms with E-state index in [0.29, 0.717) is 71.1 Å². The minimum atomic E-state index is -4.65. The van der Waals surface area contributed by atoms with Crippen LogP contribution >= 0.6 is 11.6 Å². The van der Waals surface area contributed by atoms with E-state index in [1.165, 1.54) is 6.07 Å². The first-order valence-electron chi connectivity index (χ1n) is 12.8. The lowest BCUT2D eigenvalue weighted by molar-refractivity contribution is -0.137. The van der Waals surface area contributed by atoms with Gasteiger partial charge in [0.2, 0.25) is 5.75 Å². The van der Waals surface area contributed by atoms with E-state index >= 15 is 0 Å². The summed E-state index contributed by atoms with van der Waals surface area (Å²) in [5.74, 6) is 3.15. The van der Waals surface area contributed by atoms with Crippen LogP contribution in [-0.4, -0.2) is 30.8 Å². The van der Waals surface area contributed by atoms with Crippen molar-refractivity contribution in [3.63, 3.8) is 0 Å². The first-order chi connectivity index (χ1) is 19.7. The number of nitrogens with one attached hydrogen (secondary N) is 2. The Morgan fingerprint density at radius 3 is 2.39 bits per heavy atom. The van der Waals surface area contributed by atoms with Crippen LogP contribution in [0.1, 0.15) is 18.4 Å². The van der Waals surface area contributed by atoms with Gasteiger partial charge in [0.15, 0.2) is 11.5 Å². The number of amides is 2. The number of benzene rings is 3. The molecule has 6 rings (SSSR count). The van der Waals surface area contributed by atoms with E-state index in [0.717, 1.165) is 25.0 Å². The molecule has 1 aromatic heterocycles. The van der Waals surface area contributed by atoms with E-state index in [1.807, 2.05) is 6.07 Å². The van der Waals surface area contributed by atoms with Crippen LogP contribution in [0.25, 0.3) is 10.9 Å². The minimum absolute atomic E-state index is 0.0561. The molecule has 1 aliphatic heterocycles. The maximum atomic E-state index is 13.1. The van der Waals surface area contributed by atoms with Crippen LogP contribution in [0.4, 0.5) is 29.3 Å². The van der Waals surface area contributed by atoms with Gasteiger partial charge in [-0.25, -0.2) is 4.79 Å². The zero-order valence-corrected chi connectivity index (χ0v) is 22.1. The molecule has 2 N–H and O–H groups in total. The Morgan fingerprint density at radius 1 is 0.951 bits per heavy atom. The van der Waals surface area contributed by atoms with Gasteiger partial charge in [-0.3, -0.25) is 4.98 Å². The fourth-order valence-electron chi connectivity index (χ4n) is 4.31. The quantitative estimate of drug-likeness (QED) is 0.229. The Bertz CT molecular complexity index is 1610. The molecule has 0 saturated heterocycles. The summed E-state index contributed by atoms with van der Waals surface area (Å²) >= 11 is 5.64. The molecule has 212 valence electrons. The molecule has 0 bridgehead atoms. The Labute approximate surface area is 237 Å². The Morgan fingerprint density at radius 2 is 1.66 bits per heavy atom. The van der Waals surface area contributed by atoms with Gasteiger partial charge in [0, 0.05) is 23.6 Å². The fourth-order valence-corrected chi connectivity index (χ4v) is 4.53. The van der Waals surface area contributed by atoms with Gasteiger partial charge in [-0.2, -0.15) is 13.2 Å². The summed E-state index contributed by atoms with van der Waals surface area (Å²) in [6, 6.07) is 12.4. The van der Waals surface area contributed by atoms with Crippen molar-refractivity contribution in [1.82, 2.24) is 4.98 Å². The molecule has 0 spiro atoms. The molecule has 41 heavy (non-hydrogen) atoms. The van der Waals surface area contributed by atoms with Crippen molar-refractivity contribution >= 4 is 39.9 Å². The van der Waals surface area contributed by atoms with Crippen molar-refractivity contribution in [2.45, 2.75) is 19.0 Å². The highest BCUT2D eigenvalue weighted by atomic mass is 35.5. The van der Waals surface area contributed by atoms with E-state index in [1.54, 1.807) is 36.5 Å². The third-order valence-electron chi connectivity index (χ3n) is 6.48. The second kappa shape index (κ2) is 10.9. The summed E-state index contributed by atoms with van der Waals surface area (Å²) in [5, 5.41) is 5.14. The first-order valence-corrected chi connectivity index (χ1v) is 13.2. The molecule has 0 unspecified atom stereocenters. The highest BCUT2D eigenvalue weighted by Gasteiger charge is 2.33. The number of urea groups is 1. The molecule has 2 amide bonds. The number of fused-ring (bicyclic) bond motifs is 3.